The highest BCUT2D eigenvalue weighted by Gasteiger charge is 2.28. The van der Waals surface area contributed by atoms with Crippen molar-refractivity contribution in [2.75, 3.05) is 39.0 Å². The molecular weight excluding hydrogens is 276 g/mol. The molecule has 116 valence electrons. The predicted molar refractivity (Wildman–Crippen MR) is 93.2 cm³/mol. The van der Waals surface area contributed by atoms with Crippen molar-refractivity contribution in [2.24, 2.45) is 0 Å². The van der Waals surface area contributed by atoms with Crippen molar-refractivity contribution in [3.05, 3.63) is 35.4 Å². The molecule has 1 aromatic carbocycles. The maximum atomic E-state index is 2.73. The molecule has 0 amide bonds. The third kappa shape index (κ3) is 3.82. The fraction of sp³-hybridized carbons (Fsp3) is 0.667. The van der Waals surface area contributed by atoms with E-state index in [0.29, 0.717) is 0 Å². The molecule has 1 heterocycles. The van der Waals surface area contributed by atoms with Crippen LogP contribution in [0.3, 0.4) is 0 Å². The quantitative estimate of drug-likeness (QED) is 0.826. The van der Waals surface area contributed by atoms with Crippen LogP contribution in [0.25, 0.3) is 0 Å². The minimum Gasteiger partial charge on any atom is -0.301 e. The molecule has 1 atom stereocenters. The number of hydrogen-bond donors (Lipinski definition) is 0. The first kappa shape index (κ1) is 15.4. The first-order valence-corrected chi connectivity index (χ1v) is 9.61. The zero-order valence-corrected chi connectivity index (χ0v) is 14.2. The molecule has 0 N–H and O–H groups in total. The Morgan fingerprint density at radius 3 is 2.29 bits per heavy atom. The van der Waals surface area contributed by atoms with Gasteiger partial charge in [0.1, 0.15) is 0 Å². The molecule has 3 rings (SSSR count). The summed E-state index contributed by atoms with van der Waals surface area (Å²) in [4.78, 5) is 5.39. The zero-order valence-electron chi connectivity index (χ0n) is 13.4. The number of nitrogens with zero attached hydrogens (tertiary/aromatic N) is 2. The second-order valence-electron chi connectivity index (χ2n) is 6.54. The van der Waals surface area contributed by atoms with Crippen molar-refractivity contribution in [3.63, 3.8) is 0 Å². The van der Waals surface area contributed by atoms with Gasteiger partial charge < -0.3 is 4.90 Å². The number of thioether (sulfide) groups is 1. The third-order valence-electron chi connectivity index (χ3n) is 5.21. The van der Waals surface area contributed by atoms with Gasteiger partial charge in [0.2, 0.25) is 0 Å². The fourth-order valence-corrected chi connectivity index (χ4v) is 3.97. The lowest BCUT2D eigenvalue weighted by atomic mass is 10.1. The molecule has 2 aliphatic rings. The molecule has 0 saturated carbocycles. The van der Waals surface area contributed by atoms with Crippen LogP contribution in [0.2, 0.25) is 0 Å². The molecule has 0 spiro atoms. The second kappa shape index (κ2) is 7.17. The predicted octanol–water partition coefficient (Wildman–Crippen LogP) is 2.91. The Kier molecular flexibility index (Phi) is 5.25. The number of fused-ring (bicyclic) bond motifs is 1. The minimum absolute atomic E-state index is 0.759. The van der Waals surface area contributed by atoms with Gasteiger partial charge in [0.15, 0.2) is 0 Å². The van der Waals surface area contributed by atoms with Gasteiger partial charge in [-0.2, -0.15) is 11.8 Å². The Balaban J connectivity index is 1.45. The van der Waals surface area contributed by atoms with Gasteiger partial charge in [-0.25, -0.2) is 0 Å². The molecule has 3 heteroatoms. The van der Waals surface area contributed by atoms with E-state index in [2.05, 4.69) is 47.2 Å². The Labute approximate surface area is 133 Å². The first-order chi connectivity index (χ1) is 10.3. The van der Waals surface area contributed by atoms with E-state index in [1.807, 2.05) is 11.8 Å². The smallest absolute Gasteiger partial charge is 0.0177 e. The third-order valence-corrected chi connectivity index (χ3v) is 6.25. The lowest BCUT2D eigenvalue weighted by Gasteiger charge is -2.38. The summed E-state index contributed by atoms with van der Waals surface area (Å²) in [6, 6.07) is 9.76. The van der Waals surface area contributed by atoms with Gasteiger partial charge in [-0.15, -0.1) is 0 Å². The summed E-state index contributed by atoms with van der Waals surface area (Å²) >= 11 is 1.99. The average Bonchev–Trinajstić information content (AvgIpc) is 2.97. The van der Waals surface area contributed by atoms with E-state index in [4.69, 9.17) is 0 Å². The van der Waals surface area contributed by atoms with Crippen LogP contribution in [0.4, 0.5) is 0 Å². The van der Waals surface area contributed by atoms with Crippen LogP contribution in [0.1, 0.15) is 24.5 Å². The highest BCUT2D eigenvalue weighted by molar-refractivity contribution is 7.99. The van der Waals surface area contributed by atoms with Gasteiger partial charge >= 0.3 is 0 Å². The van der Waals surface area contributed by atoms with E-state index in [1.165, 1.54) is 52.0 Å². The first-order valence-electron chi connectivity index (χ1n) is 8.32. The van der Waals surface area contributed by atoms with Crippen molar-refractivity contribution in [1.82, 2.24) is 9.80 Å². The summed E-state index contributed by atoms with van der Waals surface area (Å²) in [7, 11) is 0. The van der Waals surface area contributed by atoms with Crippen LogP contribution in [-0.2, 0) is 12.8 Å². The van der Waals surface area contributed by atoms with Gasteiger partial charge in [-0.1, -0.05) is 31.2 Å². The molecule has 1 aromatic rings. The largest absolute Gasteiger partial charge is 0.301 e. The highest BCUT2D eigenvalue weighted by atomic mass is 32.2. The topological polar surface area (TPSA) is 6.48 Å². The summed E-state index contributed by atoms with van der Waals surface area (Å²) in [5.41, 5.74) is 3.16. The van der Waals surface area contributed by atoms with Crippen LogP contribution in [0.15, 0.2) is 24.3 Å². The van der Waals surface area contributed by atoms with Gasteiger partial charge in [0.25, 0.3) is 0 Å². The molecule has 1 saturated heterocycles. The summed E-state index contributed by atoms with van der Waals surface area (Å²) in [5, 5.41) is 0.798. The standard InChI is InChI=1S/C18H28N2S/c1-15(21-2)7-8-19-9-11-20(12-10-19)18-13-16-5-3-4-6-17(16)14-18/h3-6,15,18H,7-14H2,1-2H3. The molecule has 0 bridgehead atoms. The molecule has 1 fully saturated rings. The molecule has 1 unspecified atom stereocenters. The van der Waals surface area contributed by atoms with E-state index < -0.39 is 0 Å². The van der Waals surface area contributed by atoms with E-state index in [1.54, 1.807) is 11.1 Å². The summed E-state index contributed by atoms with van der Waals surface area (Å²) < 4.78 is 0. The van der Waals surface area contributed by atoms with Gasteiger partial charge in [-0.05, 0) is 43.2 Å². The second-order valence-corrected chi connectivity index (χ2v) is 7.82. The van der Waals surface area contributed by atoms with E-state index in [-0.39, 0.29) is 0 Å². The Hall–Kier alpha value is -0.510. The monoisotopic (exact) mass is 304 g/mol. The molecule has 0 radical (unpaired) electrons. The van der Waals surface area contributed by atoms with Crippen LogP contribution < -0.4 is 0 Å². The fourth-order valence-electron chi connectivity index (χ4n) is 3.63. The van der Waals surface area contributed by atoms with Crippen molar-refractivity contribution >= 4 is 11.8 Å². The number of hydrogen-bond acceptors (Lipinski definition) is 3. The average molecular weight is 305 g/mol. The van der Waals surface area contributed by atoms with E-state index >= 15 is 0 Å². The Morgan fingerprint density at radius 1 is 1.10 bits per heavy atom. The van der Waals surface area contributed by atoms with Crippen molar-refractivity contribution in [3.8, 4) is 0 Å². The van der Waals surface area contributed by atoms with E-state index in [0.717, 1.165) is 11.3 Å². The summed E-state index contributed by atoms with van der Waals surface area (Å²) in [6.07, 6.45) is 6.08. The Morgan fingerprint density at radius 2 is 1.71 bits per heavy atom. The van der Waals surface area contributed by atoms with Gasteiger partial charge in [0.05, 0.1) is 0 Å². The molecule has 0 aromatic heterocycles. The van der Waals surface area contributed by atoms with Crippen LogP contribution in [0.5, 0.6) is 0 Å². The zero-order chi connectivity index (χ0) is 14.7. The molecule has 1 aliphatic heterocycles. The van der Waals surface area contributed by atoms with Crippen molar-refractivity contribution in [2.45, 2.75) is 37.5 Å². The maximum absolute atomic E-state index is 2.73. The molecular formula is C18H28N2S. The van der Waals surface area contributed by atoms with Crippen molar-refractivity contribution in [1.29, 1.82) is 0 Å². The number of benzene rings is 1. The molecule has 2 nitrogen and oxygen atoms in total. The Bertz CT molecular complexity index is 429. The summed E-state index contributed by atoms with van der Waals surface area (Å²) in [5.74, 6) is 0. The lowest BCUT2D eigenvalue weighted by molar-refractivity contribution is 0.0986. The lowest BCUT2D eigenvalue weighted by Crippen LogP contribution is -2.50. The minimum atomic E-state index is 0.759. The molecule has 21 heavy (non-hydrogen) atoms. The van der Waals surface area contributed by atoms with E-state index in [9.17, 15) is 0 Å². The number of rotatable bonds is 5. The number of piperazine rings is 1. The SMILES string of the molecule is CSC(C)CCN1CCN(C2Cc3ccccc3C2)CC1. The van der Waals surface area contributed by atoms with Crippen LogP contribution >= 0.6 is 11.8 Å². The van der Waals surface area contributed by atoms with Crippen molar-refractivity contribution < 1.29 is 0 Å². The summed E-state index contributed by atoms with van der Waals surface area (Å²) in [6.45, 7) is 8.65. The highest BCUT2D eigenvalue weighted by Crippen LogP contribution is 2.26. The van der Waals surface area contributed by atoms with Gasteiger partial charge in [-0.3, -0.25) is 4.90 Å². The van der Waals surface area contributed by atoms with Gasteiger partial charge in [0, 0.05) is 37.5 Å². The van der Waals surface area contributed by atoms with Crippen LogP contribution in [-0.4, -0.2) is 60.1 Å². The normalized spacial score (nSPS) is 22.4. The van der Waals surface area contributed by atoms with Crippen LogP contribution in [0, 0.1) is 0 Å². The maximum Gasteiger partial charge on any atom is 0.0177 e. The molecule has 1 aliphatic carbocycles.